The Morgan fingerprint density at radius 2 is 2.29 bits per heavy atom. The molecule has 96 valence electrons. The third-order valence-corrected chi connectivity index (χ3v) is 4.19. The average Bonchev–Trinajstić information content (AvgIpc) is 2.69. The van der Waals surface area contributed by atoms with Crippen LogP contribution in [0.25, 0.3) is 0 Å². The van der Waals surface area contributed by atoms with Crippen LogP contribution in [0, 0.1) is 0 Å². The number of aliphatic carboxylic acids is 1. The van der Waals surface area contributed by atoms with E-state index in [0.29, 0.717) is 13.0 Å². The maximum absolute atomic E-state index is 10.5. The molecular weight excluding hydrogens is 304 g/mol. The summed E-state index contributed by atoms with van der Waals surface area (Å²) >= 11 is 5.16. The lowest BCUT2D eigenvalue weighted by molar-refractivity contribution is -0.138. The average molecular weight is 321 g/mol. The number of thiophene rings is 1. The van der Waals surface area contributed by atoms with Crippen molar-refractivity contribution in [2.75, 3.05) is 20.1 Å². The number of carbonyl (C=O) groups is 1. The molecule has 17 heavy (non-hydrogen) atoms. The van der Waals surface area contributed by atoms with Gasteiger partial charge in [-0.1, -0.05) is 0 Å². The van der Waals surface area contributed by atoms with Crippen molar-refractivity contribution in [1.82, 2.24) is 4.90 Å². The van der Waals surface area contributed by atoms with Crippen LogP contribution in [-0.4, -0.2) is 42.2 Å². The van der Waals surface area contributed by atoms with E-state index < -0.39 is 12.0 Å². The number of carboxylic acids is 1. The van der Waals surface area contributed by atoms with Crippen molar-refractivity contribution < 1.29 is 9.90 Å². The first-order chi connectivity index (χ1) is 7.99. The van der Waals surface area contributed by atoms with E-state index in [1.807, 2.05) is 13.1 Å². The molecule has 0 aliphatic rings. The fraction of sp³-hybridized carbons (Fsp3) is 0.545. The van der Waals surface area contributed by atoms with E-state index in [-0.39, 0.29) is 0 Å². The SMILES string of the molecule is CN(CCc1ccc(Br)s1)CCC(N)C(=O)O. The van der Waals surface area contributed by atoms with Crippen molar-refractivity contribution >= 4 is 33.2 Å². The zero-order valence-electron chi connectivity index (χ0n) is 9.73. The molecule has 3 N–H and O–H groups in total. The monoisotopic (exact) mass is 320 g/mol. The van der Waals surface area contributed by atoms with Gasteiger partial charge in [0, 0.05) is 11.4 Å². The molecule has 4 nitrogen and oxygen atoms in total. The van der Waals surface area contributed by atoms with Gasteiger partial charge in [-0.25, -0.2) is 0 Å². The van der Waals surface area contributed by atoms with Gasteiger partial charge in [-0.05, 0) is 54.5 Å². The van der Waals surface area contributed by atoms with Crippen LogP contribution in [0.4, 0.5) is 0 Å². The molecule has 0 radical (unpaired) electrons. The van der Waals surface area contributed by atoms with Crippen molar-refractivity contribution in [3.8, 4) is 0 Å². The number of rotatable bonds is 7. The van der Waals surface area contributed by atoms with Gasteiger partial charge >= 0.3 is 5.97 Å². The van der Waals surface area contributed by atoms with E-state index in [0.717, 1.165) is 16.8 Å². The second-order valence-electron chi connectivity index (χ2n) is 3.99. The van der Waals surface area contributed by atoms with Gasteiger partial charge < -0.3 is 15.7 Å². The minimum Gasteiger partial charge on any atom is -0.480 e. The minimum absolute atomic E-state index is 0.486. The van der Waals surface area contributed by atoms with Crippen molar-refractivity contribution in [2.45, 2.75) is 18.9 Å². The largest absolute Gasteiger partial charge is 0.480 e. The smallest absolute Gasteiger partial charge is 0.320 e. The number of halogens is 1. The molecule has 1 atom stereocenters. The number of nitrogens with two attached hydrogens (primary N) is 1. The lowest BCUT2D eigenvalue weighted by atomic mass is 10.2. The predicted octanol–water partition coefficient (Wildman–Crippen LogP) is 1.79. The summed E-state index contributed by atoms with van der Waals surface area (Å²) in [7, 11) is 1.98. The summed E-state index contributed by atoms with van der Waals surface area (Å²) in [5.41, 5.74) is 5.45. The fourth-order valence-electron chi connectivity index (χ4n) is 1.38. The molecule has 0 saturated heterocycles. The number of carboxylic acid groups (broad SMARTS) is 1. The molecule has 0 saturated carbocycles. The van der Waals surface area contributed by atoms with Gasteiger partial charge in [0.1, 0.15) is 6.04 Å². The van der Waals surface area contributed by atoms with Crippen LogP contribution >= 0.6 is 27.3 Å². The standard InChI is InChI=1S/C11H17BrN2O2S/c1-14(7-5-9(13)11(15)16)6-4-8-2-3-10(12)17-8/h2-3,9H,4-7,13H2,1H3,(H,15,16). The van der Waals surface area contributed by atoms with Crippen LogP contribution in [0.3, 0.4) is 0 Å². The van der Waals surface area contributed by atoms with Gasteiger partial charge in [0.15, 0.2) is 0 Å². The fourth-order valence-corrected chi connectivity index (χ4v) is 2.85. The Labute approximate surface area is 114 Å². The number of likely N-dealkylation sites (N-methyl/N-ethyl adjacent to an activating group) is 1. The Morgan fingerprint density at radius 1 is 1.59 bits per heavy atom. The summed E-state index contributed by atoms with van der Waals surface area (Å²) < 4.78 is 1.14. The molecule has 0 spiro atoms. The van der Waals surface area contributed by atoms with Gasteiger partial charge in [0.25, 0.3) is 0 Å². The van der Waals surface area contributed by atoms with Crippen LogP contribution in [0.5, 0.6) is 0 Å². The summed E-state index contributed by atoms with van der Waals surface area (Å²) in [6, 6.07) is 3.39. The summed E-state index contributed by atoms with van der Waals surface area (Å²) in [4.78, 5) is 14.0. The molecule has 1 aromatic heterocycles. The van der Waals surface area contributed by atoms with Crippen LogP contribution in [0.2, 0.25) is 0 Å². The highest BCUT2D eigenvalue weighted by molar-refractivity contribution is 9.11. The van der Waals surface area contributed by atoms with Crippen molar-refractivity contribution in [3.05, 3.63) is 20.8 Å². The van der Waals surface area contributed by atoms with E-state index in [2.05, 4.69) is 26.9 Å². The first kappa shape index (κ1) is 14.6. The van der Waals surface area contributed by atoms with Crippen molar-refractivity contribution in [1.29, 1.82) is 0 Å². The topological polar surface area (TPSA) is 66.6 Å². The normalized spacial score (nSPS) is 12.9. The second kappa shape index (κ2) is 7.10. The quantitative estimate of drug-likeness (QED) is 0.803. The van der Waals surface area contributed by atoms with Crippen molar-refractivity contribution in [3.63, 3.8) is 0 Å². The second-order valence-corrected chi connectivity index (χ2v) is 6.54. The summed E-state index contributed by atoms with van der Waals surface area (Å²) in [6.45, 7) is 1.62. The first-order valence-electron chi connectivity index (χ1n) is 5.40. The number of nitrogens with zero attached hydrogens (tertiary/aromatic N) is 1. The first-order valence-corrected chi connectivity index (χ1v) is 7.01. The maximum atomic E-state index is 10.5. The highest BCUT2D eigenvalue weighted by atomic mass is 79.9. The molecule has 1 aromatic rings. The van der Waals surface area contributed by atoms with Gasteiger partial charge in [-0.3, -0.25) is 4.79 Å². The lowest BCUT2D eigenvalue weighted by Crippen LogP contribution is -2.34. The molecular formula is C11H17BrN2O2S. The number of hydrogen-bond donors (Lipinski definition) is 2. The third kappa shape index (κ3) is 5.63. The van der Waals surface area contributed by atoms with Gasteiger partial charge in [-0.2, -0.15) is 0 Å². The van der Waals surface area contributed by atoms with E-state index in [9.17, 15) is 4.79 Å². The molecule has 1 heterocycles. The zero-order valence-corrected chi connectivity index (χ0v) is 12.1. The summed E-state index contributed by atoms with van der Waals surface area (Å²) in [5, 5.41) is 8.66. The summed E-state index contributed by atoms with van der Waals surface area (Å²) in [6.07, 6.45) is 1.47. The van der Waals surface area contributed by atoms with Gasteiger partial charge in [0.2, 0.25) is 0 Å². The van der Waals surface area contributed by atoms with E-state index in [4.69, 9.17) is 10.8 Å². The van der Waals surface area contributed by atoms with Crippen LogP contribution in [0.15, 0.2) is 15.9 Å². The minimum atomic E-state index is -0.930. The van der Waals surface area contributed by atoms with E-state index in [1.54, 1.807) is 11.3 Å². The van der Waals surface area contributed by atoms with E-state index >= 15 is 0 Å². The zero-order chi connectivity index (χ0) is 12.8. The Kier molecular flexibility index (Phi) is 6.11. The highest BCUT2D eigenvalue weighted by Crippen LogP contribution is 2.22. The molecule has 0 aliphatic heterocycles. The highest BCUT2D eigenvalue weighted by Gasteiger charge is 2.12. The Morgan fingerprint density at radius 3 is 2.82 bits per heavy atom. The van der Waals surface area contributed by atoms with E-state index in [1.165, 1.54) is 4.88 Å². The molecule has 6 heteroatoms. The lowest BCUT2D eigenvalue weighted by Gasteiger charge is -2.17. The van der Waals surface area contributed by atoms with Crippen molar-refractivity contribution in [2.24, 2.45) is 5.73 Å². The molecule has 0 aromatic carbocycles. The number of hydrogen-bond acceptors (Lipinski definition) is 4. The molecule has 0 amide bonds. The molecule has 0 fully saturated rings. The molecule has 1 unspecified atom stereocenters. The predicted molar refractivity (Wildman–Crippen MR) is 73.4 cm³/mol. The van der Waals surface area contributed by atoms with Crippen LogP contribution < -0.4 is 5.73 Å². The Balaban J connectivity index is 2.21. The molecule has 1 rings (SSSR count). The van der Waals surface area contributed by atoms with Crippen LogP contribution in [0.1, 0.15) is 11.3 Å². The van der Waals surface area contributed by atoms with Crippen LogP contribution in [-0.2, 0) is 11.2 Å². The van der Waals surface area contributed by atoms with Gasteiger partial charge in [-0.15, -0.1) is 11.3 Å². The molecule has 0 bridgehead atoms. The Bertz CT molecular complexity index is 370. The maximum Gasteiger partial charge on any atom is 0.320 e. The molecule has 0 aliphatic carbocycles. The third-order valence-electron chi connectivity index (χ3n) is 2.51. The summed E-state index contributed by atoms with van der Waals surface area (Å²) in [5.74, 6) is -0.930. The van der Waals surface area contributed by atoms with Gasteiger partial charge in [0.05, 0.1) is 3.79 Å². The Hall–Kier alpha value is -0.430.